The third-order valence-corrected chi connectivity index (χ3v) is 3.90. The molecule has 1 heterocycles. The lowest BCUT2D eigenvalue weighted by Crippen LogP contribution is -2.41. The summed E-state index contributed by atoms with van der Waals surface area (Å²) in [5.74, 6) is -2.09. The van der Waals surface area contributed by atoms with E-state index in [1.807, 2.05) is 30.3 Å². The van der Waals surface area contributed by atoms with Gasteiger partial charge in [-0.3, -0.25) is 4.79 Å². The summed E-state index contributed by atoms with van der Waals surface area (Å²) in [4.78, 5) is 25.3. The Kier molecular flexibility index (Phi) is 4.55. The quantitative estimate of drug-likeness (QED) is 0.865. The Hall–Kier alpha value is -2.76. The van der Waals surface area contributed by atoms with Gasteiger partial charge in [-0.1, -0.05) is 36.4 Å². The van der Waals surface area contributed by atoms with Gasteiger partial charge in [-0.05, 0) is 23.6 Å². The highest BCUT2D eigenvalue weighted by molar-refractivity contribution is 5.94. The second-order valence-electron chi connectivity index (χ2n) is 5.60. The predicted octanol–water partition coefficient (Wildman–Crippen LogP) is 3.10. The maximum absolute atomic E-state index is 13.7. The van der Waals surface area contributed by atoms with Crippen LogP contribution in [0.5, 0.6) is 0 Å². The summed E-state index contributed by atoms with van der Waals surface area (Å²) in [5.41, 5.74) is 1.01. The van der Waals surface area contributed by atoms with Crippen molar-refractivity contribution in [2.75, 3.05) is 6.61 Å². The van der Waals surface area contributed by atoms with Gasteiger partial charge in [0.05, 0.1) is 12.5 Å². The molecule has 1 atom stereocenters. The highest BCUT2D eigenvalue weighted by atomic mass is 19.1. The van der Waals surface area contributed by atoms with E-state index in [4.69, 9.17) is 4.74 Å². The van der Waals surface area contributed by atoms with E-state index in [1.165, 1.54) is 6.07 Å². The SMILES string of the molecule is O=C(Cc1ccc(F)cc1F)N1C(=O)OC[C@@H]1Cc1ccccc1. The van der Waals surface area contributed by atoms with Crippen molar-refractivity contribution >= 4 is 12.0 Å². The highest BCUT2D eigenvalue weighted by Gasteiger charge is 2.37. The van der Waals surface area contributed by atoms with Gasteiger partial charge in [0.15, 0.2) is 0 Å². The molecular formula is C18H15F2NO3. The molecule has 0 saturated carbocycles. The van der Waals surface area contributed by atoms with E-state index in [1.54, 1.807) is 0 Å². The molecule has 3 rings (SSSR count). The molecule has 124 valence electrons. The standard InChI is InChI=1S/C18H15F2NO3/c19-14-7-6-13(16(20)10-14)9-17(22)21-15(11-24-18(21)23)8-12-4-2-1-3-5-12/h1-7,10,15H,8-9,11H2/t15-/m0/s1. The lowest BCUT2D eigenvalue weighted by molar-refractivity contribution is -0.128. The summed E-state index contributed by atoms with van der Waals surface area (Å²) in [6.45, 7) is 0.103. The zero-order chi connectivity index (χ0) is 17.1. The van der Waals surface area contributed by atoms with Gasteiger partial charge >= 0.3 is 6.09 Å². The minimum absolute atomic E-state index is 0.0413. The smallest absolute Gasteiger partial charge is 0.416 e. The number of cyclic esters (lactones) is 1. The lowest BCUT2D eigenvalue weighted by atomic mass is 10.0. The highest BCUT2D eigenvalue weighted by Crippen LogP contribution is 2.20. The van der Waals surface area contributed by atoms with Crippen LogP contribution in [0, 0.1) is 11.6 Å². The molecule has 24 heavy (non-hydrogen) atoms. The van der Waals surface area contributed by atoms with Crippen molar-refractivity contribution in [2.24, 2.45) is 0 Å². The Morgan fingerprint density at radius 2 is 1.92 bits per heavy atom. The molecule has 1 fully saturated rings. The fourth-order valence-corrected chi connectivity index (χ4v) is 2.72. The Morgan fingerprint density at radius 3 is 2.62 bits per heavy atom. The fourth-order valence-electron chi connectivity index (χ4n) is 2.72. The number of amides is 2. The number of hydrogen-bond donors (Lipinski definition) is 0. The molecule has 0 aromatic heterocycles. The normalized spacial score (nSPS) is 17.0. The molecule has 2 amide bonds. The Bertz CT molecular complexity index is 764. The van der Waals surface area contributed by atoms with E-state index in [0.29, 0.717) is 12.5 Å². The van der Waals surface area contributed by atoms with Crippen LogP contribution < -0.4 is 0 Å². The topological polar surface area (TPSA) is 46.6 Å². The number of rotatable bonds is 4. The van der Waals surface area contributed by atoms with Gasteiger partial charge in [-0.15, -0.1) is 0 Å². The molecule has 4 nitrogen and oxygen atoms in total. The molecule has 2 aromatic rings. The van der Waals surface area contributed by atoms with E-state index in [9.17, 15) is 18.4 Å². The van der Waals surface area contributed by atoms with Crippen LogP contribution in [0.4, 0.5) is 13.6 Å². The van der Waals surface area contributed by atoms with E-state index in [0.717, 1.165) is 16.5 Å². The predicted molar refractivity (Wildman–Crippen MR) is 82.2 cm³/mol. The van der Waals surface area contributed by atoms with Crippen LogP contribution in [-0.4, -0.2) is 29.5 Å². The van der Waals surface area contributed by atoms with E-state index in [2.05, 4.69) is 0 Å². The largest absolute Gasteiger partial charge is 0.447 e. The molecule has 1 aliphatic heterocycles. The number of nitrogens with zero attached hydrogens (tertiary/aromatic N) is 1. The first-order valence-electron chi connectivity index (χ1n) is 7.51. The number of halogens is 2. The Morgan fingerprint density at radius 1 is 1.17 bits per heavy atom. The third kappa shape index (κ3) is 3.42. The van der Waals surface area contributed by atoms with Gasteiger partial charge in [-0.25, -0.2) is 18.5 Å². The summed E-state index contributed by atoms with van der Waals surface area (Å²) < 4.78 is 31.6. The van der Waals surface area contributed by atoms with Gasteiger partial charge in [0, 0.05) is 6.07 Å². The molecule has 0 aliphatic carbocycles. The van der Waals surface area contributed by atoms with Crippen LogP contribution in [0.15, 0.2) is 48.5 Å². The van der Waals surface area contributed by atoms with Crippen molar-refractivity contribution in [1.29, 1.82) is 0 Å². The lowest BCUT2D eigenvalue weighted by Gasteiger charge is -2.19. The van der Waals surface area contributed by atoms with Gasteiger partial charge in [-0.2, -0.15) is 0 Å². The van der Waals surface area contributed by atoms with Crippen LogP contribution in [0.2, 0.25) is 0 Å². The van der Waals surface area contributed by atoms with Gasteiger partial charge in [0.2, 0.25) is 5.91 Å². The summed E-state index contributed by atoms with van der Waals surface area (Å²) in [5, 5.41) is 0. The molecule has 0 unspecified atom stereocenters. The number of benzene rings is 2. The number of ether oxygens (including phenoxy) is 1. The zero-order valence-electron chi connectivity index (χ0n) is 12.7. The zero-order valence-corrected chi connectivity index (χ0v) is 12.7. The number of imide groups is 1. The van der Waals surface area contributed by atoms with Crippen molar-refractivity contribution in [3.8, 4) is 0 Å². The maximum atomic E-state index is 13.7. The van der Waals surface area contributed by atoms with Crippen LogP contribution in [0.3, 0.4) is 0 Å². The minimum Gasteiger partial charge on any atom is -0.447 e. The van der Waals surface area contributed by atoms with Crippen molar-refractivity contribution in [2.45, 2.75) is 18.9 Å². The van der Waals surface area contributed by atoms with Crippen molar-refractivity contribution in [1.82, 2.24) is 4.90 Å². The molecule has 6 heteroatoms. The average molecular weight is 331 g/mol. The maximum Gasteiger partial charge on any atom is 0.416 e. The molecule has 1 saturated heterocycles. The first-order chi connectivity index (χ1) is 11.5. The average Bonchev–Trinajstić information content (AvgIpc) is 2.91. The Balaban J connectivity index is 1.75. The van der Waals surface area contributed by atoms with E-state index < -0.39 is 29.7 Å². The first-order valence-corrected chi connectivity index (χ1v) is 7.51. The van der Waals surface area contributed by atoms with Crippen LogP contribution in [0.25, 0.3) is 0 Å². The molecule has 0 bridgehead atoms. The van der Waals surface area contributed by atoms with Crippen molar-refractivity contribution in [3.63, 3.8) is 0 Å². The number of hydrogen-bond acceptors (Lipinski definition) is 3. The molecule has 0 spiro atoms. The fraction of sp³-hybridized carbons (Fsp3) is 0.222. The molecular weight excluding hydrogens is 316 g/mol. The third-order valence-electron chi connectivity index (χ3n) is 3.90. The summed E-state index contributed by atoms with van der Waals surface area (Å²) in [6, 6.07) is 12.0. The van der Waals surface area contributed by atoms with E-state index in [-0.39, 0.29) is 18.6 Å². The summed E-state index contributed by atoms with van der Waals surface area (Å²) in [7, 11) is 0. The molecule has 0 radical (unpaired) electrons. The second-order valence-corrected chi connectivity index (χ2v) is 5.60. The summed E-state index contributed by atoms with van der Waals surface area (Å²) in [6.07, 6.45) is -0.597. The summed E-state index contributed by atoms with van der Waals surface area (Å²) >= 11 is 0. The number of carbonyl (C=O) groups excluding carboxylic acids is 2. The Labute approximate surface area is 137 Å². The minimum atomic E-state index is -0.810. The monoisotopic (exact) mass is 331 g/mol. The van der Waals surface area contributed by atoms with Crippen LogP contribution >= 0.6 is 0 Å². The first kappa shape index (κ1) is 16.1. The van der Waals surface area contributed by atoms with Crippen LogP contribution in [-0.2, 0) is 22.4 Å². The number of carbonyl (C=O) groups is 2. The van der Waals surface area contributed by atoms with E-state index >= 15 is 0 Å². The van der Waals surface area contributed by atoms with Gasteiger partial charge in [0.25, 0.3) is 0 Å². The second kappa shape index (κ2) is 6.78. The van der Waals surface area contributed by atoms with Crippen LogP contribution in [0.1, 0.15) is 11.1 Å². The van der Waals surface area contributed by atoms with Crippen molar-refractivity contribution in [3.05, 3.63) is 71.3 Å². The molecule has 2 aromatic carbocycles. The van der Waals surface area contributed by atoms with Gasteiger partial charge in [0.1, 0.15) is 18.2 Å². The van der Waals surface area contributed by atoms with Crippen molar-refractivity contribution < 1.29 is 23.1 Å². The molecule has 0 N–H and O–H groups in total. The van der Waals surface area contributed by atoms with Gasteiger partial charge < -0.3 is 4.74 Å². The molecule has 1 aliphatic rings.